The fraction of sp³-hybridized carbons (Fsp3) is 1.00. The Morgan fingerprint density at radius 2 is 1.55 bits per heavy atom. The molecule has 7 atom stereocenters. The van der Waals surface area contributed by atoms with Gasteiger partial charge in [-0.2, -0.15) is 0 Å². The summed E-state index contributed by atoms with van der Waals surface area (Å²) in [4.78, 5) is 0. The molecule has 0 aromatic carbocycles. The summed E-state index contributed by atoms with van der Waals surface area (Å²) in [5.74, 6) is 1.91. The van der Waals surface area contributed by atoms with Crippen molar-refractivity contribution < 1.29 is 10.2 Å². The molecule has 0 aromatic heterocycles. The molecule has 0 aliphatic heterocycles. The first kappa shape index (κ1) is 15.4. The molecule has 1 spiro atoms. The van der Waals surface area contributed by atoms with Gasteiger partial charge >= 0.3 is 0 Å². The van der Waals surface area contributed by atoms with Crippen molar-refractivity contribution in [2.75, 3.05) is 0 Å². The molecule has 0 radical (unpaired) electrons. The van der Waals surface area contributed by atoms with E-state index in [4.69, 9.17) is 0 Å². The molecule has 0 saturated heterocycles. The first-order valence-electron chi connectivity index (χ1n) is 9.52. The van der Waals surface area contributed by atoms with E-state index >= 15 is 0 Å². The Bertz CT molecular complexity index is 482. The lowest BCUT2D eigenvalue weighted by molar-refractivity contribution is -0.242. The highest BCUT2D eigenvalue weighted by Crippen LogP contribution is 2.72. The van der Waals surface area contributed by atoms with Gasteiger partial charge in [0.15, 0.2) is 0 Å². The minimum absolute atomic E-state index is 0.0494. The van der Waals surface area contributed by atoms with Gasteiger partial charge in [0.05, 0.1) is 11.7 Å². The number of rotatable bonds is 0. The van der Waals surface area contributed by atoms with Gasteiger partial charge in [-0.15, -0.1) is 0 Å². The van der Waals surface area contributed by atoms with Gasteiger partial charge in [-0.05, 0) is 92.3 Å². The highest BCUT2D eigenvalue weighted by Gasteiger charge is 2.66. The van der Waals surface area contributed by atoms with Gasteiger partial charge in [0, 0.05) is 0 Å². The van der Waals surface area contributed by atoms with Crippen LogP contribution >= 0.6 is 0 Å². The Hall–Kier alpha value is -0.0800. The SMILES string of the molecule is CC1(C)[C@H](O)CC[C@]2(C)[C@@H]1CC[C@@]13CC[C@@H](C[C@H]12)[C@@](C)(O)C3. The zero-order valence-corrected chi connectivity index (χ0v) is 14.9. The number of aliphatic hydroxyl groups is 2. The lowest BCUT2D eigenvalue weighted by Gasteiger charge is -2.70. The first-order valence-corrected chi connectivity index (χ1v) is 9.52. The maximum absolute atomic E-state index is 10.9. The number of fused-ring (bicyclic) bond motifs is 3. The Balaban J connectivity index is 1.73. The number of hydrogen-bond acceptors (Lipinski definition) is 2. The molecule has 2 heteroatoms. The fourth-order valence-electron chi connectivity index (χ4n) is 7.90. The lowest BCUT2D eigenvalue weighted by Crippen LogP contribution is -2.65. The van der Waals surface area contributed by atoms with E-state index in [1.807, 2.05) is 0 Å². The zero-order chi connectivity index (χ0) is 16.0. The third-order valence-electron chi connectivity index (χ3n) is 9.08. The van der Waals surface area contributed by atoms with E-state index in [2.05, 4.69) is 27.7 Å². The predicted octanol–water partition coefficient (Wildman–Crippen LogP) is 4.14. The molecule has 2 bridgehead atoms. The van der Waals surface area contributed by atoms with Crippen molar-refractivity contribution in [3.63, 3.8) is 0 Å². The summed E-state index contributed by atoms with van der Waals surface area (Å²) in [5.41, 5.74) is 0.382. The summed E-state index contributed by atoms with van der Waals surface area (Å²) in [6.45, 7) is 9.23. The van der Waals surface area contributed by atoms with Crippen LogP contribution in [0.1, 0.15) is 79.1 Å². The summed E-state index contributed by atoms with van der Waals surface area (Å²) in [7, 11) is 0. The van der Waals surface area contributed by atoms with Crippen LogP contribution in [0.3, 0.4) is 0 Å². The van der Waals surface area contributed by atoms with Crippen molar-refractivity contribution in [3.05, 3.63) is 0 Å². The molecule has 0 aromatic rings. The van der Waals surface area contributed by atoms with E-state index in [1.54, 1.807) is 0 Å². The molecule has 5 aliphatic carbocycles. The van der Waals surface area contributed by atoms with Crippen molar-refractivity contribution in [1.29, 1.82) is 0 Å². The maximum atomic E-state index is 10.9. The van der Waals surface area contributed by atoms with Crippen LogP contribution in [-0.4, -0.2) is 21.9 Å². The van der Waals surface area contributed by atoms with Crippen molar-refractivity contribution >= 4 is 0 Å². The summed E-state index contributed by atoms with van der Waals surface area (Å²) in [5, 5.41) is 21.4. The lowest BCUT2D eigenvalue weighted by atomic mass is 9.35. The summed E-state index contributed by atoms with van der Waals surface area (Å²) in [6, 6.07) is 0. The van der Waals surface area contributed by atoms with Gasteiger partial charge in [0.2, 0.25) is 0 Å². The summed E-state index contributed by atoms with van der Waals surface area (Å²) >= 11 is 0. The molecule has 2 N–H and O–H groups in total. The normalized spacial score (nSPS) is 59.7. The standard InChI is InChI=1S/C20H34O2/c1-17(2)14-6-10-20-9-5-13(19(4,22)12-20)11-15(20)18(14,3)8-7-16(17)21/h13-16,21-22H,5-12H2,1-4H3/t13-,14+,15-,16+,18+,19-,20+/m0/s1. The van der Waals surface area contributed by atoms with Crippen LogP contribution in [0.2, 0.25) is 0 Å². The third-order valence-corrected chi connectivity index (χ3v) is 9.08. The third kappa shape index (κ3) is 1.75. The topological polar surface area (TPSA) is 40.5 Å². The van der Waals surface area contributed by atoms with E-state index in [0.29, 0.717) is 22.7 Å². The quantitative estimate of drug-likeness (QED) is 0.706. The van der Waals surface area contributed by atoms with Gasteiger partial charge in [0.1, 0.15) is 0 Å². The molecular weight excluding hydrogens is 272 g/mol. The molecular formula is C20H34O2. The largest absolute Gasteiger partial charge is 0.393 e. The van der Waals surface area contributed by atoms with Crippen LogP contribution in [0.25, 0.3) is 0 Å². The van der Waals surface area contributed by atoms with E-state index < -0.39 is 5.60 Å². The summed E-state index contributed by atoms with van der Waals surface area (Å²) < 4.78 is 0. The predicted molar refractivity (Wildman–Crippen MR) is 88.4 cm³/mol. The fourth-order valence-corrected chi connectivity index (χ4v) is 7.90. The van der Waals surface area contributed by atoms with E-state index in [1.165, 1.54) is 38.5 Å². The van der Waals surface area contributed by atoms with Gasteiger partial charge in [-0.1, -0.05) is 20.8 Å². The molecule has 5 saturated carbocycles. The monoisotopic (exact) mass is 306 g/mol. The smallest absolute Gasteiger partial charge is 0.0653 e. The van der Waals surface area contributed by atoms with E-state index in [0.717, 1.165) is 18.8 Å². The van der Waals surface area contributed by atoms with Gasteiger partial charge in [-0.3, -0.25) is 0 Å². The minimum atomic E-state index is -0.429. The molecule has 0 heterocycles. The van der Waals surface area contributed by atoms with Crippen molar-refractivity contribution in [2.45, 2.75) is 90.8 Å². The maximum Gasteiger partial charge on any atom is 0.0653 e. The molecule has 0 unspecified atom stereocenters. The van der Waals surface area contributed by atoms with Crippen molar-refractivity contribution in [1.82, 2.24) is 0 Å². The second-order valence-electron chi connectivity index (χ2n) is 10.4. The Morgan fingerprint density at radius 3 is 2.23 bits per heavy atom. The average molecular weight is 306 g/mol. The van der Waals surface area contributed by atoms with Crippen LogP contribution in [0.15, 0.2) is 0 Å². The van der Waals surface area contributed by atoms with Crippen LogP contribution in [0, 0.1) is 34.0 Å². The van der Waals surface area contributed by atoms with Crippen LogP contribution in [0.5, 0.6) is 0 Å². The highest BCUT2D eigenvalue weighted by molar-refractivity contribution is 5.16. The van der Waals surface area contributed by atoms with Crippen LogP contribution in [0.4, 0.5) is 0 Å². The van der Waals surface area contributed by atoms with Gasteiger partial charge in [0.25, 0.3) is 0 Å². The second-order valence-corrected chi connectivity index (χ2v) is 10.4. The average Bonchev–Trinajstić information content (AvgIpc) is 2.42. The van der Waals surface area contributed by atoms with Gasteiger partial charge < -0.3 is 10.2 Å². The molecule has 2 nitrogen and oxygen atoms in total. The molecule has 5 fully saturated rings. The first-order chi connectivity index (χ1) is 10.1. The Labute approximate surface area is 135 Å². The van der Waals surface area contributed by atoms with Crippen molar-refractivity contribution in [3.8, 4) is 0 Å². The van der Waals surface area contributed by atoms with E-state index in [-0.39, 0.29) is 11.5 Å². The molecule has 5 rings (SSSR count). The molecule has 0 amide bonds. The second kappa shape index (κ2) is 4.30. The van der Waals surface area contributed by atoms with Crippen LogP contribution < -0.4 is 0 Å². The van der Waals surface area contributed by atoms with Crippen LogP contribution in [-0.2, 0) is 0 Å². The summed E-state index contributed by atoms with van der Waals surface area (Å²) in [6.07, 6.45) is 9.36. The van der Waals surface area contributed by atoms with Crippen molar-refractivity contribution in [2.24, 2.45) is 34.0 Å². The van der Waals surface area contributed by atoms with E-state index in [9.17, 15) is 10.2 Å². The highest BCUT2D eigenvalue weighted by atomic mass is 16.3. The molecule has 126 valence electrons. The minimum Gasteiger partial charge on any atom is -0.393 e. The molecule has 22 heavy (non-hydrogen) atoms. The Kier molecular flexibility index (Phi) is 3.02. The van der Waals surface area contributed by atoms with Gasteiger partial charge in [-0.25, -0.2) is 0 Å². The Morgan fingerprint density at radius 1 is 0.864 bits per heavy atom. The molecule has 5 aliphatic rings. The number of hydrogen-bond donors (Lipinski definition) is 2. The zero-order valence-electron chi connectivity index (χ0n) is 14.9. The number of aliphatic hydroxyl groups excluding tert-OH is 1.